The number of hydrogen-bond donors (Lipinski definition) is 0. The van der Waals surface area contributed by atoms with Crippen LogP contribution in [0.15, 0.2) is 53.6 Å². The fraction of sp³-hybridized carbons (Fsp3) is 0.391. The van der Waals surface area contributed by atoms with Crippen molar-refractivity contribution in [2.45, 2.75) is 51.2 Å². The van der Waals surface area contributed by atoms with Crippen molar-refractivity contribution in [2.24, 2.45) is 5.92 Å². The summed E-state index contributed by atoms with van der Waals surface area (Å²) in [5, 5.41) is 8.37. The highest BCUT2D eigenvalue weighted by atomic mass is 32.2. The minimum absolute atomic E-state index is 0.00930. The molecule has 2 aromatic carbocycles. The first-order chi connectivity index (χ1) is 15.3. The third-order valence-corrected chi connectivity index (χ3v) is 7.53. The molecular formula is C23H27FN4O3S. The molecule has 1 aliphatic rings. The third-order valence-electron chi connectivity index (χ3n) is 5.58. The van der Waals surface area contributed by atoms with E-state index in [9.17, 15) is 12.8 Å². The van der Waals surface area contributed by atoms with Crippen LogP contribution in [-0.2, 0) is 23.1 Å². The van der Waals surface area contributed by atoms with E-state index in [0.717, 1.165) is 17.2 Å². The Hall–Kier alpha value is -2.78. The van der Waals surface area contributed by atoms with Crippen molar-refractivity contribution in [1.29, 1.82) is 0 Å². The van der Waals surface area contributed by atoms with E-state index < -0.39 is 26.8 Å². The molecule has 0 bridgehead atoms. The Balaban J connectivity index is 1.66. The summed E-state index contributed by atoms with van der Waals surface area (Å²) in [5.41, 5.74) is 2.74. The minimum atomic E-state index is -4.14. The smallest absolute Gasteiger partial charge is 0.250 e. The van der Waals surface area contributed by atoms with Crippen molar-refractivity contribution in [1.82, 2.24) is 19.3 Å². The number of aryl methyl sites for hydroxylation is 1. The largest absolute Gasteiger partial charge is 0.490 e. The number of rotatable bonds is 6. The van der Waals surface area contributed by atoms with Gasteiger partial charge in [0.25, 0.3) is 0 Å². The Labute approximate surface area is 187 Å². The van der Waals surface area contributed by atoms with Gasteiger partial charge in [-0.15, -0.1) is 5.10 Å². The lowest BCUT2D eigenvalue weighted by molar-refractivity contribution is 0.186. The average Bonchev–Trinajstić information content (AvgIpc) is 3.14. The first kappa shape index (κ1) is 22.4. The van der Waals surface area contributed by atoms with E-state index in [1.165, 1.54) is 16.4 Å². The molecule has 0 spiro atoms. The van der Waals surface area contributed by atoms with Gasteiger partial charge < -0.3 is 4.74 Å². The van der Waals surface area contributed by atoms with Gasteiger partial charge in [0, 0.05) is 0 Å². The maximum atomic E-state index is 14.6. The van der Waals surface area contributed by atoms with Crippen LogP contribution in [0.3, 0.4) is 0 Å². The minimum Gasteiger partial charge on any atom is -0.490 e. The summed E-state index contributed by atoms with van der Waals surface area (Å²) in [5.74, 6) is -0.547. The van der Waals surface area contributed by atoms with E-state index in [4.69, 9.17) is 4.74 Å². The summed E-state index contributed by atoms with van der Waals surface area (Å²) in [6.45, 7) is 6.72. The summed E-state index contributed by atoms with van der Waals surface area (Å²) in [6.07, 6.45) is 2.31. The number of halogens is 1. The fourth-order valence-corrected chi connectivity index (χ4v) is 5.76. The lowest BCUT2D eigenvalue weighted by Crippen LogP contribution is -2.42. The normalized spacial score (nSPS) is 18.2. The quantitative estimate of drug-likeness (QED) is 0.562. The van der Waals surface area contributed by atoms with Crippen LogP contribution in [0.5, 0.6) is 5.75 Å². The molecule has 170 valence electrons. The van der Waals surface area contributed by atoms with Gasteiger partial charge in [0.05, 0.1) is 31.0 Å². The van der Waals surface area contributed by atoms with E-state index in [0.29, 0.717) is 18.7 Å². The van der Waals surface area contributed by atoms with E-state index >= 15 is 0 Å². The second-order valence-electron chi connectivity index (χ2n) is 8.55. The van der Waals surface area contributed by atoms with Crippen LogP contribution >= 0.6 is 0 Å². The van der Waals surface area contributed by atoms with E-state index in [-0.39, 0.29) is 24.8 Å². The molecule has 0 radical (unpaired) electrons. The Kier molecular flexibility index (Phi) is 6.30. The first-order valence-electron chi connectivity index (χ1n) is 10.6. The molecule has 1 aromatic heterocycles. The van der Waals surface area contributed by atoms with Crippen molar-refractivity contribution in [2.75, 3.05) is 6.61 Å². The Morgan fingerprint density at radius 1 is 1.16 bits per heavy atom. The summed E-state index contributed by atoms with van der Waals surface area (Å²) in [6, 6.07) is 11.6. The van der Waals surface area contributed by atoms with Crippen LogP contribution < -0.4 is 4.74 Å². The number of nitrogens with zero attached hydrogens (tertiary/aromatic N) is 4. The van der Waals surface area contributed by atoms with Gasteiger partial charge in [-0.2, -0.15) is 4.31 Å². The highest BCUT2D eigenvalue weighted by Crippen LogP contribution is 2.35. The van der Waals surface area contributed by atoms with E-state index in [1.807, 2.05) is 45.0 Å². The zero-order valence-electron chi connectivity index (χ0n) is 18.4. The van der Waals surface area contributed by atoms with Crippen molar-refractivity contribution in [3.05, 3.63) is 71.3 Å². The van der Waals surface area contributed by atoms with Gasteiger partial charge in [0.1, 0.15) is 18.2 Å². The molecule has 0 amide bonds. The van der Waals surface area contributed by atoms with Gasteiger partial charge in [-0.3, -0.25) is 0 Å². The first-order valence-corrected chi connectivity index (χ1v) is 12.1. The molecule has 2 heterocycles. The zero-order chi connectivity index (χ0) is 22.9. The van der Waals surface area contributed by atoms with E-state index in [2.05, 4.69) is 10.3 Å². The van der Waals surface area contributed by atoms with Crippen molar-refractivity contribution >= 4 is 10.0 Å². The lowest BCUT2D eigenvalue weighted by Gasteiger charge is -2.28. The van der Waals surface area contributed by atoms with Gasteiger partial charge in [-0.1, -0.05) is 49.4 Å². The molecule has 9 heteroatoms. The monoisotopic (exact) mass is 458 g/mol. The fourth-order valence-electron chi connectivity index (χ4n) is 3.99. The highest BCUT2D eigenvalue weighted by Gasteiger charge is 2.39. The Morgan fingerprint density at radius 3 is 2.69 bits per heavy atom. The Bertz CT molecular complexity index is 1210. The molecule has 0 fully saturated rings. The molecule has 32 heavy (non-hydrogen) atoms. The Morgan fingerprint density at radius 2 is 1.94 bits per heavy atom. The second kappa shape index (κ2) is 8.99. The van der Waals surface area contributed by atoms with Crippen LogP contribution in [0.4, 0.5) is 4.39 Å². The summed E-state index contributed by atoms with van der Waals surface area (Å²) < 4.78 is 50.4. The van der Waals surface area contributed by atoms with Crippen LogP contribution in [0, 0.1) is 18.7 Å². The standard InChI is InChI=1S/C23H27FN4O3S/c1-16(2)11-20-15-31-22-10-6-9-21(24)23(22)32(29,30)28(20)14-19-13-27(26-25-19)12-18-8-5-4-7-17(18)3/h4-10,13,16,20H,11-12,14-15H2,1-3H3/t20-/m0/s1. The highest BCUT2D eigenvalue weighted by molar-refractivity contribution is 7.89. The molecular weight excluding hydrogens is 431 g/mol. The van der Waals surface area contributed by atoms with Crippen molar-refractivity contribution in [3.63, 3.8) is 0 Å². The number of ether oxygens (including phenoxy) is 1. The lowest BCUT2D eigenvalue weighted by atomic mass is 10.0. The zero-order valence-corrected chi connectivity index (χ0v) is 19.2. The number of benzene rings is 2. The number of aromatic nitrogens is 3. The molecule has 1 aliphatic heterocycles. The predicted octanol–water partition coefficient (Wildman–Crippen LogP) is 3.77. The van der Waals surface area contributed by atoms with Crippen LogP contribution in [0.25, 0.3) is 0 Å². The maximum Gasteiger partial charge on any atom is 0.250 e. The molecule has 7 nitrogen and oxygen atoms in total. The summed E-state index contributed by atoms with van der Waals surface area (Å²) in [4.78, 5) is -0.418. The number of hydrogen-bond acceptors (Lipinski definition) is 5. The van der Waals surface area contributed by atoms with Crippen molar-refractivity contribution in [3.8, 4) is 5.75 Å². The number of fused-ring (bicyclic) bond motifs is 1. The molecule has 0 aliphatic carbocycles. The summed E-state index contributed by atoms with van der Waals surface area (Å²) >= 11 is 0. The maximum absolute atomic E-state index is 14.6. The number of sulfonamides is 1. The molecule has 0 N–H and O–H groups in total. The molecule has 0 saturated heterocycles. The SMILES string of the molecule is Cc1ccccc1Cn1cc(CN2[C@@H](CC(C)C)COc3cccc(F)c3S2(=O)=O)nn1. The second-order valence-corrected chi connectivity index (χ2v) is 10.4. The molecule has 0 saturated carbocycles. The third kappa shape index (κ3) is 4.54. The van der Waals surface area contributed by atoms with Gasteiger partial charge in [-0.25, -0.2) is 17.5 Å². The van der Waals surface area contributed by atoms with Crippen LogP contribution in [0.2, 0.25) is 0 Å². The van der Waals surface area contributed by atoms with Gasteiger partial charge in [-0.05, 0) is 42.5 Å². The summed E-state index contributed by atoms with van der Waals surface area (Å²) in [7, 11) is -4.14. The van der Waals surface area contributed by atoms with Crippen molar-refractivity contribution < 1.29 is 17.5 Å². The van der Waals surface area contributed by atoms with Gasteiger partial charge >= 0.3 is 0 Å². The molecule has 0 unspecified atom stereocenters. The predicted molar refractivity (Wildman–Crippen MR) is 118 cm³/mol. The molecule has 1 atom stereocenters. The van der Waals surface area contributed by atoms with Crippen LogP contribution in [0.1, 0.15) is 37.1 Å². The van der Waals surface area contributed by atoms with Gasteiger partial charge in [0.15, 0.2) is 4.90 Å². The van der Waals surface area contributed by atoms with Crippen LogP contribution in [-0.4, -0.2) is 40.4 Å². The average molecular weight is 459 g/mol. The van der Waals surface area contributed by atoms with E-state index in [1.54, 1.807) is 10.9 Å². The topological polar surface area (TPSA) is 77.3 Å². The molecule has 3 aromatic rings. The molecule has 4 rings (SSSR count). The van der Waals surface area contributed by atoms with Gasteiger partial charge in [0.2, 0.25) is 10.0 Å².